The average Bonchev–Trinajstić information content (AvgIpc) is 2.52. The molecule has 6 heteroatoms. The van der Waals surface area contributed by atoms with Gasteiger partial charge >= 0.3 is 6.03 Å². The molecule has 2 rings (SSSR count). The summed E-state index contributed by atoms with van der Waals surface area (Å²) in [5, 5.41) is 2.80. The number of carbonyl (C=O) groups is 1. The quantitative estimate of drug-likeness (QED) is 0.907. The minimum Gasteiger partial charge on any atom is -0.363 e. The summed E-state index contributed by atoms with van der Waals surface area (Å²) in [5.41, 5.74) is 0.596. The fourth-order valence-electron chi connectivity index (χ4n) is 2.87. The lowest BCUT2D eigenvalue weighted by atomic mass is 10.0. The summed E-state index contributed by atoms with van der Waals surface area (Å²) in [6.07, 6.45) is -3.06. The highest BCUT2D eigenvalue weighted by molar-refractivity contribution is 5.74. The van der Waals surface area contributed by atoms with Gasteiger partial charge in [0.2, 0.25) is 0 Å². The number of nitrogens with zero attached hydrogens (tertiary/aromatic N) is 1. The lowest BCUT2D eigenvalue weighted by Crippen LogP contribution is -2.60. The number of urea groups is 1. The normalized spacial score (nSPS) is 24.5. The third-order valence-corrected chi connectivity index (χ3v) is 4.29. The van der Waals surface area contributed by atoms with Crippen LogP contribution in [-0.2, 0) is 11.3 Å². The van der Waals surface area contributed by atoms with Gasteiger partial charge in [0.25, 0.3) is 6.43 Å². The number of nitrogens with one attached hydrogen (secondary N) is 1. The second-order valence-electron chi connectivity index (χ2n) is 6.98. The summed E-state index contributed by atoms with van der Waals surface area (Å²) in [6.45, 7) is 7.84. The maximum atomic E-state index is 13.2. The zero-order chi connectivity index (χ0) is 17.9. The number of halogens is 2. The van der Waals surface area contributed by atoms with Crippen LogP contribution in [0.15, 0.2) is 24.3 Å². The highest BCUT2D eigenvalue weighted by atomic mass is 19.3. The monoisotopic (exact) mass is 340 g/mol. The van der Waals surface area contributed by atoms with Crippen molar-refractivity contribution in [3.63, 3.8) is 0 Å². The van der Waals surface area contributed by atoms with Gasteiger partial charge in [0.1, 0.15) is 5.60 Å². The molecule has 2 unspecified atom stereocenters. The number of benzene rings is 1. The van der Waals surface area contributed by atoms with Crippen molar-refractivity contribution >= 4 is 6.03 Å². The highest BCUT2D eigenvalue weighted by Gasteiger charge is 2.44. The minimum absolute atomic E-state index is 0.118. The van der Waals surface area contributed by atoms with E-state index in [2.05, 4.69) is 19.2 Å². The van der Waals surface area contributed by atoms with Crippen LogP contribution >= 0.6 is 0 Å². The van der Waals surface area contributed by atoms with Gasteiger partial charge in [-0.1, -0.05) is 38.1 Å². The molecule has 1 fully saturated rings. The molecular formula is C18H26F2N2O2. The van der Waals surface area contributed by atoms with Crippen LogP contribution in [0.1, 0.15) is 44.7 Å². The predicted octanol–water partition coefficient (Wildman–Crippen LogP) is 3.76. The molecule has 4 nitrogen and oxygen atoms in total. The number of carbonyl (C=O) groups excluding carboxylic acids is 1. The van der Waals surface area contributed by atoms with E-state index in [1.54, 1.807) is 6.92 Å². The number of hydrogen-bond acceptors (Lipinski definition) is 2. The van der Waals surface area contributed by atoms with Crippen molar-refractivity contribution in [1.29, 1.82) is 0 Å². The molecule has 1 saturated heterocycles. The van der Waals surface area contributed by atoms with Gasteiger partial charge in [0.05, 0.1) is 12.6 Å². The molecule has 0 spiro atoms. The molecule has 0 bridgehead atoms. The van der Waals surface area contributed by atoms with E-state index >= 15 is 0 Å². The van der Waals surface area contributed by atoms with E-state index in [-0.39, 0.29) is 12.6 Å². The van der Waals surface area contributed by atoms with E-state index in [4.69, 9.17) is 4.74 Å². The van der Waals surface area contributed by atoms with Crippen LogP contribution in [0, 0.1) is 0 Å². The summed E-state index contributed by atoms with van der Waals surface area (Å²) in [6, 6.07) is 7.68. The molecule has 24 heavy (non-hydrogen) atoms. The van der Waals surface area contributed by atoms with Crippen molar-refractivity contribution in [2.24, 2.45) is 0 Å². The Morgan fingerprint density at radius 2 is 2.00 bits per heavy atom. The van der Waals surface area contributed by atoms with E-state index in [9.17, 15) is 13.6 Å². The maximum Gasteiger partial charge on any atom is 0.317 e. The molecule has 2 atom stereocenters. The largest absolute Gasteiger partial charge is 0.363 e. The Kier molecular flexibility index (Phi) is 5.80. The van der Waals surface area contributed by atoms with Crippen LogP contribution in [-0.4, -0.2) is 42.2 Å². The summed E-state index contributed by atoms with van der Waals surface area (Å²) in [7, 11) is 0. The zero-order valence-electron chi connectivity index (χ0n) is 14.7. The summed E-state index contributed by atoms with van der Waals surface area (Å²) >= 11 is 0. The Bertz CT molecular complexity index is 563. The van der Waals surface area contributed by atoms with Crippen molar-refractivity contribution in [2.45, 2.75) is 58.3 Å². The third-order valence-electron chi connectivity index (χ3n) is 4.29. The number of ether oxygens (including phenoxy) is 1. The van der Waals surface area contributed by atoms with Crippen LogP contribution in [0.4, 0.5) is 13.6 Å². The van der Waals surface area contributed by atoms with Crippen molar-refractivity contribution in [3.05, 3.63) is 35.4 Å². The molecule has 134 valence electrons. The number of rotatable bonds is 4. The smallest absolute Gasteiger partial charge is 0.317 e. The summed E-state index contributed by atoms with van der Waals surface area (Å²) < 4.78 is 31.7. The second kappa shape index (κ2) is 7.47. The molecule has 1 heterocycles. The first kappa shape index (κ1) is 18.6. The van der Waals surface area contributed by atoms with Crippen molar-refractivity contribution in [3.8, 4) is 0 Å². The Balaban J connectivity index is 1.94. The molecule has 1 aliphatic rings. The number of alkyl halides is 2. The van der Waals surface area contributed by atoms with Crippen LogP contribution in [0.5, 0.6) is 0 Å². The van der Waals surface area contributed by atoms with Gasteiger partial charge < -0.3 is 15.0 Å². The maximum absolute atomic E-state index is 13.2. The standard InChI is InChI=1S/C18H26F2N2O2/c1-12(2)15-7-5-14(6-8-15)9-21-17(23)22-10-13(3)24-18(4,11-22)16(19)20/h5-8,12-13,16H,9-11H2,1-4H3,(H,21,23). The average molecular weight is 340 g/mol. The molecule has 1 aliphatic heterocycles. The fraction of sp³-hybridized carbons (Fsp3) is 0.611. The van der Waals surface area contributed by atoms with Crippen LogP contribution in [0.2, 0.25) is 0 Å². The lowest BCUT2D eigenvalue weighted by Gasteiger charge is -2.42. The van der Waals surface area contributed by atoms with Gasteiger partial charge in [-0.05, 0) is 30.9 Å². The van der Waals surface area contributed by atoms with E-state index in [1.165, 1.54) is 17.4 Å². The Morgan fingerprint density at radius 3 is 2.54 bits per heavy atom. The first-order chi connectivity index (χ1) is 11.2. The summed E-state index contributed by atoms with van der Waals surface area (Å²) in [5.74, 6) is 0.454. The van der Waals surface area contributed by atoms with Crippen LogP contribution < -0.4 is 5.32 Å². The Hall–Kier alpha value is -1.69. The van der Waals surface area contributed by atoms with Gasteiger partial charge in [-0.25, -0.2) is 13.6 Å². The second-order valence-corrected chi connectivity index (χ2v) is 6.98. The number of morpholine rings is 1. The van der Waals surface area contributed by atoms with E-state index in [1.807, 2.05) is 24.3 Å². The summed E-state index contributed by atoms with van der Waals surface area (Å²) in [4.78, 5) is 13.7. The van der Waals surface area contributed by atoms with Crippen molar-refractivity contribution in [2.75, 3.05) is 13.1 Å². The molecule has 0 aromatic heterocycles. The SMILES string of the molecule is CC1CN(C(=O)NCc2ccc(C(C)C)cc2)CC(C)(C(F)F)O1. The van der Waals surface area contributed by atoms with Crippen molar-refractivity contribution < 1.29 is 18.3 Å². The Morgan fingerprint density at radius 1 is 1.38 bits per heavy atom. The Labute approximate surface area is 142 Å². The molecule has 2 amide bonds. The number of amides is 2. The zero-order valence-corrected chi connectivity index (χ0v) is 14.7. The predicted molar refractivity (Wildman–Crippen MR) is 89.3 cm³/mol. The van der Waals surface area contributed by atoms with E-state index in [0.717, 1.165) is 5.56 Å². The number of hydrogen-bond donors (Lipinski definition) is 1. The van der Waals surface area contributed by atoms with Crippen molar-refractivity contribution in [1.82, 2.24) is 10.2 Å². The fourth-order valence-corrected chi connectivity index (χ4v) is 2.87. The minimum atomic E-state index is -2.64. The molecule has 0 aliphatic carbocycles. The molecule has 0 radical (unpaired) electrons. The van der Waals surface area contributed by atoms with Gasteiger partial charge in [-0.3, -0.25) is 0 Å². The van der Waals surface area contributed by atoms with Gasteiger partial charge in [-0.2, -0.15) is 0 Å². The molecule has 1 aromatic rings. The molecular weight excluding hydrogens is 314 g/mol. The van der Waals surface area contributed by atoms with E-state index in [0.29, 0.717) is 19.0 Å². The topological polar surface area (TPSA) is 41.6 Å². The van der Waals surface area contributed by atoms with Crippen LogP contribution in [0.3, 0.4) is 0 Å². The molecule has 0 saturated carbocycles. The van der Waals surface area contributed by atoms with Gasteiger partial charge in [0, 0.05) is 13.1 Å². The molecule has 1 N–H and O–H groups in total. The van der Waals surface area contributed by atoms with Gasteiger partial charge in [0.15, 0.2) is 0 Å². The van der Waals surface area contributed by atoms with Crippen LogP contribution in [0.25, 0.3) is 0 Å². The van der Waals surface area contributed by atoms with E-state index < -0.39 is 18.1 Å². The first-order valence-electron chi connectivity index (χ1n) is 8.29. The highest BCUT2D eigenvalue weighted by Crippen LogP contribution is 2.27. The lowest BCUT2D eigenvalue weighted by molar-refractivity contribution is -0.190. The first-order valence-corrected chi connectivity index (χ1v) is 8.29. The molecule has 1 aromatic carbocycles. The third kappa shape index (κ3) is 4.44. The van der Waals surface area contributed by atoms with Gasteiger partial charge in [-0.15, -0.1) is 0 Å².